The number of carbonyl (C=O) groups excluding carboxylic acids is 1. The Balaban J connectivity index is 3.11. The predicted octanol–water partition coefficient (Wildman–Crippen LogP) is 1.15. The summed E-state index contributed by atoms with van der Waals surface area (Å²) < 4.78 is 0. The van der Waals surface area contributed by atoms with Crippen molar-refractivity contribution in [1.82, 2.24) is 4.90 Å². The molecule has 1 rings (SSSR count). The Morgan fingerprint density at radius 1 is 1.45 bits per heavy atom. The van der Waals surface area contributed by atoms with Crippen LogP contribution < -0.4 is 5.73 Å². The topological polar surface area (TPSA) is 66.6 Å². The molecule has 0 fully saturated rings. The predicted molar refractivity (Wildman–Crippen MR) is 80.4 cm³/mol. The molecule has 0 aliphatic rings. The molecule has 0 aromatic heterocycles. The molecule has 0 unspecified atom stereocenters. The first-order chi connectivity index (χ1) is 9.24. The SMILES string of the molecule is Cc1ccc(C#CCN)c(C(=O)N(C)CC(C)(C)O)c1. The van der Waals surface area contributed by atoms with Gasteiger partial charge in [-0.3, -0.25) is 4.79 Å². The van der Waals surface area contributed by atoms with E-state index in [2.05, 4.69) is 11.8 Å². The molecule has 1 aromatic rings. The van der Waals surface area contributed by atoms with Crippen LogP contribution in [-0.4, -0.2) is 41.7 Å². The highest BCUT2D eigenvalue weighted by atomic mass is 16.3. The number of aliphatic hydroxyl groups is 1. The van der Waals surface area contributed by atoms with E-state index in [-0.39, 0.29) is 19.0 Å². The summed E-state index contributed by atoms with van der Waals surface area (Å²) in [5, 5.41) is 9.81. The third-order valence-corrected chi connectivity index (χ3v) is 2.70. The lowest BCUT2D eigenvalue weighted by atomic mass is 10.0. The standard InChI is InChI=1S/C16H22N2O2/c1-12-7-8-13(6-5-9-17)14(10-12)15(19)18(4)11-16(2,3)20/h7-8,10,20H,9,11,17H2,1-4H3. The van der Waals surface area contributed by atoms with Crippen molar-refractivity contribution in [3.63, 3.8) is 0 Å². The van der Waals surface area contributed by atoms with Gasteiger partial charge in [0, 0.05) is 19.2 Å². The van der Waals surface area contributed by atoms with Crippen molar-refractivity contribution in [3.05, 3.63) is 34.9 Å². The summed E-state index contributed by atoms with van der Waals surface area (Å²) in [4.78, 5) is 14.0. The molecular weight excluding hydrogens is 252 g/mol. The molecule has 0 spiro atoms. The summed E-state index contributed by atoms with van der Waals surface area (Å²) in [6.07, 6.45) is 0. The molecule has 1 aromatic carbocycles. The number of benzene rings is 1. The number of carbonyl (C=O) groups is 1. The molecule has 0 atom stereocenters. The zero-order chi connectivity index (χ0) is 15.3. The number of hydrogen-bond donors (Lipinski definition) is 2. The van der Waals surface area contributed by atoms with E-state index >= 15 is 0 Å². The molecule has 0 bridgehead atoms. The Labute approximate surface area is 120 Å². The lowest BCUT2D eigenvalue weighted by molar-refractivity contribution is 0.0367. The van der Waals surface area contributed by atoms with Gasteiger partial charge in [-0.15, -0.1) is 0 Å². The van der Waals surface area contributed by atoms with Crippen molar-refractivity contribution >= 4 is 5.91 Å². The number of hydrogen-bond acceptors (Lipinski definition) is 3. The first kappa shape index (κ1) is 16.2. The molecule has 0 heterocycles. The van der Waals surface area contributed by atoms with Crippen molar-refractivity contribution in [3.8, 4) is 11.8 Å². The van der Waals surface area contributed by atoms with Gasteiger partial charge in [-0.05, 0) is 32.9 Å². The largest absolute Gasteiger partial charge is 0.389 e. The summed E-state index contributed by atoms with van der Waals surface area (Å²) in [5.41, 5.74) is 6.63. The van der Waals surface area contributed by atoms with Gasteiger partial charge in [0.05, 0.1) is 17.7 Å². The fourth-order valence-electron chi connectivity index (χ4n) is 1.95. The molecule has 4 nitrogen and oxygen atoms in total. The Bertz CT molecular complexity index is 548. The van der Waals surface area contributed by atoms with Gasteiger partial charge in [0.25, 0.3) is 5.91 Å². The monoisotopic (exact) mass is 274 g/mol. The number of amides is 1. The summed E-state index contributed by atoms with van der Waals surface area (Å²) in [7, 11) is 1.67. The van der Waals surface area contributed by atoms with Gasteiger partial charge in [-0.1, -0.05) is 23.5 Å². The van der Waals surface area contributed by atoms with Gasteiger partial charge >= 0.3 is 0 Å². The number of nitrogens with zero attached hydrogens (tertiary/aromatic N) is 1. The minimum atomic E-state index is -0.933. The second kappa shape index (κ2) is 6.56. The van der Waals surface area contributed by atoms with Gasteiger partial charge in [-0.2, -0.15) is 0 Å². The number of nitrogens with two attached hydrogens (primary N) is 1. The average Bonchev–Trinajstić information content (AvgIpc) is 2.34. The number of aryl methyl sites for hydroxylation is 1. The van der Waals surface area contributed by atoms with Crippen molar-refractivity contribution in [2.75, 3.05) is 20.1 Å². The maximum Gasteiger partial charge on any atom is 0.254 e. The maximum atomic E-state index is 12.5. The Morgan fingerprint density at radius 3 is 2.65 bits per heavy atom. The number of rotatable bonds is 3. The van der Waals surface area contributed by atoms with Crippen molar-refractivity contribution in [2.24, 2.45) is 5.73 Å². The van der Waals surface area contributed by atoms with E-state index in [1.54, 1.807) is 20.9 Å². The molecule has 0 aliphatic heterocycles. The summed E-state index contributed by atoms with van der Waals surface area (Å²) >= 11 is 0. The zero-order valence-corrected chi connectivity index (χ0v) is 12.5. The average molecular weight is 274 g/mol. The van der Waals surface area contributed by atoms with Crippen LogP contribution in [0, 0.1) is 18.8 Å². The highest BCUT2D eigenvalue weighted by Crippen LogP contribution is 2.14. The van der Waals surface area contributed by atoms with Crippen molar-refractivity contribution in [2.45, 2.75) is 26.4 Å². The van der Waals surface area contributed by atoms with Crippen LogP contribution >= 0.6 is 0 Å². The van der Waals surface area contributed by atoms with Crippen LogP contribution in [0.5, 0.6) is 0 Å². The van der Waals surface area contributed by atoms with Crippen molar-refractivity contribution in [1.29, 1.82) is 0 Å². The van der Waals surface area contributed by atoms with E-state index in [9.17, 15) is 9.90 Å². The molecule has 108 valence electrons. The van der Waals surface area contributed by atoms with E-state index in [1.165, 1.54) is 4.90 Å². The zero-order valence-electron chi connectivity index (χ0n) is 12.5. The smallest absolute Gasteiger partial charge is 0.254 e. The van der Waals surface area contributed by atoms with E-state index in [1.807, 2.05) is 25.1 Å². The molecule has 0 radical (unpaired) electrons. The van der Waals surface area contributed by atoms with Gasteiger partial charge < -0.3 is 15.7 Å². The lowest BCUT2D eigenvalue weighted by Gasteiger charge is -2.26. The van der Waals surface area contributed by atoms with Crippen LogP contribution in [0.3, 0.4) is 0 Å². The highest BCUT2D eigenvalue weighted by molar-refractivity contribution is 5.96. The van der Waals surface area contributed by atoms with Crippen LogP contribution in [-0.2, 0) is 0 Å². The van der Waals surface area contributed by atoms with E-state index in [0.29, 0.717) is 11.1 Å². The second-order valence-electron chi connectivity index (χ2n) is 5.53. The van der Waals surface area contributed by atoms with Crippen LogP contribution in [0.25, 0.3) is 0 Å². The van der Waals surface area contributed by atoms with Crippen LogP contribution in [0.15, 0.2) is 18.2 Å². The molecule has 0 aliphatic carbocycles. The highest BCUT2D eigenvalue weighted by Gasteiger charge is 2.21. The van der Waals surface area contributed by atoms with Gasteiger partial charge in [0.1, 0.15) is 0 Å². The van der Waals surface area contributed by atoms with E-state index in [0.717, 1.165) is 5.56 Å². The first-order valence-electron chi connectivity index (χ1n) is 6.52. The van der Waals surface area contributed by atoms with E-state index in [4.69, 9.17) is 5.73 Å². The van der Waals surface area contributed by atoms with E-state index < -0.39 is 5.60 Å². The minimum Gasteiger partial charge on any atom is -0.389 e. The third-order valence-electron chi connectivity index (χ3n) is 2.70. The molecule has 20 heavy (non-hydrogen) atoms. The summed E-state index contributed by atoms with van der Waals surface area (Å²) in [5.74, 6) is 5.52. The Hall–Kier alpha value is -1.83. The van der Waals surface area contributed by atoms with Crippen LogP contribution in [0.1, 0.15) is 35.3 Å². The quantitative estimate of drug-likeness (QED) is 0.813. The molecule has 1 amide bonds. The minimum absolute atomic E-state index is 0.155. The fourth-order valence-corrected chi connectivity index (χ4v) is 1.95. The Kier molecular flexibility index (Phi) is 5.32. The number of likely N-dealkylation sites (N-methyl/N-ethyl adjacent to an activating group) is 1. The maximum absolute atomic E-state index is 12.5. The molecule has 4 heteroatoms. The van der Waals surface area contributed by atoms with Crippen molar-refractivity contribution < 1.29 is 9.90 Å². The molecule has 0 saturated carbocycles. The molecule has 3 N–H and O–H groups in total. The van der Waals surface area contributed by atoms with Crippen LogP contribution in [0.2, 0.25) is 0 Å². The van der Waals surface area contributed by atoms with Crippen LogP contribution in [0.4, 0.5) is 0 Å². The Morgan fingerprint density at radius 2 is 2.10 bits per heavy atom. The molecule has 0 saturated heterocycles. The second-order valence-corrected chi connectivity index (χ2v) is 5.53. The lowest BCUT2D eigenvalue weighted by Crippen LogP contribution is -2.40. The first-order valence-corrected chi connectivity index (χ1v) is 6.52. The third kappa shape index (κ3) is 4.69. The van der Waals surface area contributed by atoms with Gasteiger partial charge in [0.2, 0.25) is 0 Å². The van der Waals surface area contributed by atoms with Gasteiger partial charge in [-0.25, -0.2) is 0 Å². The summed E-state index contributed by atoms with van der Waals surface area (Å²) in [6.45, 7) is 5.77. The van der Waals surface area contributed by atoms with Gasteiger partial charge in [0.15, 0.2) is 0 Å². The normalized spacial score (nSPS) is 10.7. The molecular formula is C16H22N2O2. The summed E-state index contributed by atoms with van der Waals surface area (Å²) in [6, 6.07) is 5.54. The fraction of sp³-hybridized carbons (Fsp3) is 0.438.